The van der Waals surface area contributed by atoms with Crippen LogP contribution in [-0.4, -0.2) is 50.3 Å². The molecule has 6 nitrogen and oxygen atoms in total. The number of nitrogens with zero attached hydrogens (tertiary/aromatic N) is 2. The molecule has 2 aliphatic rings. The highest BCUT2D eigenvalue weighted by atomic mass is 35.5. The number of fused-ring (bicyclic) bond motifs is 1. The number of anilines is 2. The maximum atomic E-state index is 12.2. The van der Waals surface area contributed by atoms with Gasteiger partial charge in [0, 0.05) is 61.6 Å². The Hall–Kier alpha value is -2.44. The Bertz CT molecular complexity index is 822. The summed E-state index contributed by atoms with van der Waals surface area (Å²) in [5.41, 5.74) is 1.89. The predicted molar refractivity (Wildman–Crippen MR) is 106 cm³/mol. The maximum absolute atomic E-state index is 12.2. The predicted octanol–water partition coefficient (Wildman–Crippen LogP) is 3.22. The molecular formula is C20H22ClN3O3. The molecule has 0 radical (unpaired) electrons. The van der Waals surface area contributed by atoms with Crippen molar-refractivity contribution < 1.29 is 14.3 Å². The number of carbonyl (C=O) groups is 1. The average Bonchev–Trinajstić information content (AvgIpc) is 3.15. The smallest absolute Gasteiger partial charge is 0.231 e. The summed E-state index contributed by atoms with van der Waals surface area (Å²) >= 11 is 6.08. The van der Waals surface area contributed by atoms with Crippen molar-refractivity contribution in [3.05, 3.63) is 47.5 Å². The van der Waals surface area contributed by atoms with Gasteiger partial charge in [0.2, 0.25) is 12.7 Å². The largest absolute Gasteiger partial charge is 0.454 e. The lowest BCUT2D eigenvalue weighted by Gasteiger charge is -2.36. The van der Waals surface area contributed by atoms with Crippen LogP contribution in [-0.2, 0) is 4.79 Å². The molecule has 0 aliphatic carbocycles. The molecular weight excluding hydrogens is 366 g/mol. The number of ether oxygens (including phenoxy) is 2. The molecule has 7 heteroatoms. The number of carbonyl (C=O) groups excluding carboxylic acids is 1. The van der Waals surface area contributed by atoms with E-state index in [2.05, 4.69) is 21.2 Å². The summed E-state index contributed by atoms with van der Waals surface area (Å²) in [6, 6.07) is 13.4. The van der Waals surface area contributed by atoms with E-state index in [0.717, 1.165) is 49.1 Å². The zero-order valence-electron chi connectivity index (χ0n) is 15.0. The molecule has 27 heavy (non-hydrogen) atoms. The maximum Gasteiger partial charge on any atom is 0.231 e. The molecule has 2 heterocycles. The lowest BCUT2D eigenvalue weighted by Crippen LogP contribution is -2.47. The van der Waals surface area contributed by atoms with E-state index in [4.69, 9.17) is 21.1 Å². The summed E-state index contributed by atoms with van der Waals surface area (Å²) in [6.45, 7) is 4.72. The number of benzene rings is 2. The number of piperazine rings is 1. The van der Waals surface area contributed by atoms with Gasteiger partial charge in [0.15, 0.2) is 11.5 Å². The Labute approximate surface area is 163 Å². The fraction of sp³-hybridized carbons (Fsp3) is 0.350. The number of halogens is 1. The molecule has 0 saturated carbocycles. The first-order valence-electron chi connectivity index (χ1n) is 9.10. The second-order valence-corrected chi connectivity index (χ2v) is 7.11. The molecule has 142 valence electrons. The standard InChI is InChI=1S/C20H22ClN3O3/c21-15-2-1-3-17(12-15)24-10-8-23(9-11-24)7-6-20(25)22-16-4-5-18-19(13-16)27-14-26-18/h1-5,12-13H,6-11,14H2,(H,22,25). The molecule has 1 N–H and O–H groups in total. The van der Waals surface area contributed by atoms with E-state index in [1.165, 1.54) is 0 Å². The van der Waals surface area contributed by atoms with E-state index in [1.54, 1.807) is 6.07 Å². The van der Waals surface area contributed by atoms with E-state index >= 15 is 0 Å². The third-order valence-electron chi connectivity index (χ3n) is 4.86. The van der Waals surface area contributed by atoms with Crippen molar-refractivity contribution in [3.8, 4) is 11.5 Å². The molecule has 1 saturated heterocycles. The van der Waals surface area contributed by atoms with Crippen LogP contribution in [0.1, 0.15) is 6.42 Å². The highest BCUT2D eigenvalue weighted by molar-refractivity contribution is 6.30. The summed E-state index contributed by atoms with van der Waals surface area (Å²) in [7, 11) is 0. The highest BCUT2D eigenvalue weighted by Crippen LogP contribution is 2.34. The van der Waals surface area contributed by atoms with Crippen LogP contribution < -0.4 is 19.7 Å². The van der Waals surface area contributed by atoms with Crippen LogP contribution in [0.25, 0.3) is 0 Å². The van der Waals surface area contributed by atoms with Gasteiger partial charge in [0.25, 0.3) is 0 Å². The van der Waals surface area contributed by atoms with E-state index < -0.39 is 0 Å². The fourth-order valence-corrected chi connectivity index (χ4v) is 3.54. The van der Waals surface area contributed by atoms with E-state index in [1.807, 2.05) is 30.3 Å². The van der Waals surface area contributed by atoms with Gasteiger partial charge < -0.3 is 19.7 Å². The lowest BCUT2D eigenvalue weighted by molar-refractivity contribution is -0.116. The highest BCUT2D eigenvalue weighted by Gasteiger charge is 2.18. The quantitative estimate of drug-likeness (QED) is 0.853. The van der Waals surface area contributed by atoms with Crippen LogP contribution in [0.3, 0.4) is 0 Å². The number of hydrogen-bond acceptors (Lipinski definition) is 5. The summed E-state index contributed by atoms with van der Waals surface area (Å²) in [5.74, 6) is 1.39. The van der Waals surface area contributed by atoms with Gasteiger partial charge in [-0.2, -0.15) is 0 Å². The SMILES string of the molecule is O=C(CCN1CCN(c2cccc(Cl)c2)CC1)Nc1ccc2c(c1)OCO2. The van der Waals surface area contributed by atoms with Gasteiger partial charge in [0.1, 0.15) is 0 Å². The number of amides is 1. The van der Waals surface area contributed by atoms with Crippen molar-refractivity contribution in [2.45, 2.75) is 6.42 Å². The molecule has 0 unspecified atom stereocenters. The number of nitrogens with one attached hydrogen (secondary N) is 1. The number of rotatable bonds is 5. The van der Waals surface area contributed by atoms with Crippen LogP contribution in [0, 0.1) is 0 Å². The average molecular weight is 388 g/mol. The molecule has 1 amide bonds. The van der Waals surface area contributed by atoms with Gasteiger partial charge in [0.05, 0.1) is 0 Å². The Morgan fingerprint density at radius 1 is 1.04 bits per heavy atom. The first-order valence-corrected chi connectivity index (χ1v) is 9.47. The Balaban J connectivity index is 1.22. The molecule has 0 bridgehead atoms. The zero-order valence-corrected chi connectivity index (χ0v) is 15.7. The fourth-order valence-electron chi connectivity index (χ4n) is 3.36. The molecule has 2 aliphatic heterocycles. The zero-order chi connectivity index (χ0) is 18.6. The summed E-state index contributed by atoms with van der Waals surface area (Å²) in [6.07, 6.45) is 0.464. The van der Waals surface area contributed by atoms with Crippen LogP contribution >= 0.6 is 11.6 Å². The Morgan fingerprint density at radius 2 is 1.85 bits per heavy atom. The normalized spacial score (nSPS) is 16.4. The molecule has 2 aromatic rings. The molecule has 2 aromatic carbocycles. The Morgan fingerprint density at radius 3 is 2.67 bits per heavy atom. The van der Waals surface area contributed by atoms with Gasteiger partial charge in [-0.3, -0.25) is 9.69 Å². The van der Waals surface area contributed by atoms with Crippen molar-refractivity contribution in [2.24, 2.45) is 0 Å². The monoisotopic (exact) mass is 387 g/mol. The molecule has 0 spiro atoms. The summed E-state index contributed by atoms with van der Waals surface area (Å²) < 4.78 is 10.6. The first kappa shape index (κ1) is 17.9. The van der Waals surface area contributed by atoms with Crippen molar-refractivity contribution in [3.63, 3.8) is 0 Å². The van der Waals surface area contributed by atoms with Gasteiger partial charge in [-0.1, -0.05) is 17.7 Å². The lowest BCUT2D eigenvalue weighted by atomic mass is 10.2. The minimum atomic E-state index is 0.00568. The summed E-state index contributed by atoms with van der Waals surface area (Å²) in [4.78, 5) is 16.9. The van der Waals surface area contributed by atoms with Gasteiger partial charge in [-0.05, 0) is 30.3 Å². The molecule has 1 fully saturated rings. The van der Waals surface area contributed by atoms with Gasteiger partial charge >= 0.3 is 0 Å². The Kier molecular flexibility index (Phi) is 5.36. The van der Waals surface area contributed by atoms with Crippen LogP contribution in [0.4, 0.5) is 11.4 Å². The second-order valence-electron chi connectivity index (χ2n) is 6.67. The van der Waals surface area contributed by atoms with Crippen molar-refractivity contribution in [1.29, 1.82) is 0 Å². The molecule has 4 rings (SSSR count). The molecule has 0 atom stereocenters. The minimum Gasteiger partial charge on any atom is -0.454 e. The van der Waals surface area contributed by atoms with Crippen LogP contribution in [0.2, 0.25) is 5.02 Å². The number of hydrogen-bond donors (Lipinski definition) is 1. The minimum absolute atomic E-state index is 0.00568. The van der Waals surface area contributed by atoms with Crippen molar-refractivity contribution in [2.75, 3.05) is 49.7 Å². The van der Waals surface area contributed by atoms with Gasteiger partial charge in [-0.15, -0.1) is 0 Å². The van der Waals surface area contributed by atoms with E-state index in [9.17, 15) is 4.79 Å². The van der Waals surface area contributed by atoms with Crippen molar-refractivity contribution >= 4 is 28.9 Å². The second kappa shape index (κ2) is 8.06. The first-order chi connectivity index (χ1) is 13.2. The van der Waals surface area contributed by atoms with E-state index in [0.29, 0.717) is 17.9 Å². The summed E-state index contributed by atoms with van der Waals surface area (Å²) in [5, 5.41) is 3.69. The van der Waals surface area contributed by atoms with Crippen LogP contribution in [0.15, 0.2) is 42.5 Å². The molecule has 0 aromatic heterocycles. The third kappa shape index (κ3) is 4.46. The van der Waals surface area contributed by atoms with Crippen molar-refractivity contribution in [1.82, 2.24) is 4.90 Å². The van der Waals surface area contributed by atoms with Gasteiger partial charge in [-0.25, -0.2) is 0 Å². The third-order valence-corrected chi connectivity index (χ3v) is 5.09. The topological polar surface area (TPSA) is 54.0 Å². The van der Waals surface area contributed by atoms with Crippen LogP contribution in [0.5, 0.6) is 11.5 Å². The van der Waals surface area contributed by atoms with E-state index in [-0.39, 0.29) is 12.7 Å².